The Morgan fingerprint density at radius 3 is 2.71 bits per heavy atom. The van der Waals surface area contributed by atoms with Crippen molar-refractivity contribution >= 4 is 37.6 Å². The molecule has 0 radical (unpaired) electrons. The molecule has 10 heteroatoms. The van der Waals surface area contributed by atoms with Gasteiger partial charge < -0.3 is 9.64 Å². The molecule has 0 atom stereocenters. The van der Waals surface area contributed by atoms with Gasteiger partial charge >= 0.3 is 6.61 Å². The quantitative estimate of drug-likeness (QED) is 0.641. The van der Waals surface area contributed by atoms with Crippen molar-refractivity contribution in [1.82, 2.24) is 19.5 Å². The summed E-state index contributed by atoms with van der Waals surface area (Å²) in [4.78, 5) is 29.1. The molecule has 28 heavy (non-hydrogen) atoms. The number of alkyl halides is 2. The highest BCUT2D eigenvalue weighted by Gasteiger charge is 2.27. The molecule has 0 amide bonds. The van der Waals surface area contributed by atoms with E-state index in [2.05, 4.69) is 19.7 Å². The number of fused-ring (bicyclic) bond motifs is 3. The van der Waals surface area contributed by atoms with Crippen LogP contribution in [-0.2, 0) is 4.74 Å². The Morgan fingerprint density at radius 1 is 1.29 bits per heavy atom. The predicted octanol–water partition coefficient (Wildman–Crippen LogP) is 3.58. The molecule has 0 spiro atoms. The summed E-state index contributed by atoms with van der Waals surface area (Å²) < 4.78 is 31.6. The van der Waals surface area contributed by atoms with Gasteiger partial charge in [0.1, 0.15) is 27.2 Å². The van der Waals surface area contributed by atoms with Gasteiger partial charge in [-0.3, -0.25) is 9.36 Å². The van der Waals surface area contributed by atoms with Crippen LogP contribution in [0.3, 0.4) is 0 Å². The normalized spacial score (nSPS) is 20.3. The van der Waals surface area contributed by atoms with E-state index in [1.807, 2.05) is 18.9 Å². The van der Waals surface area contributed by atoms with Crippen LogP contribution in [0, 0.1) is 0 Å². The zero-order chi connectivity index (χ0) is 19.8. The number of aromatic nitrogens is 4. The van der Waals surface area contributed by atoms with Crippen molar-refractivity contribution in [2.75, 3.05) is 18.5 Å². The van der Waals surface area contributed by atoms with Crippen LogP contribution in [0.15, 0.2) is 17.4 Å². The van der Waals surface area contributed by atoms with E-state index in [9.17, 15) is 13.6 Å². The smallest absolute Gasteiger partial charge is 0.345 e. The van der Waals surface area contributed by atoms with Crippen molar-refractivity contribution in [3.05, 3.63) is 23.0 Å². The SMILES string of the molecule is CCN(C)c1ncnc2sc3c(=O)n(C4CCC(OC(F)F)CC4)cnc3c12. The molecule has 0 aromatic carbocycles. The fourth-order valence-electron chi connectivity index (χ4n) is 3.77. The van der Waals surface area contributed by atoms with Crippen LogP contribution in [0.1, 0.15) is 38.6 Å². The van der Waals surface area contributed by atoms with Gasteiger partial charge in [0.2, 0.25) is 0 Å². The van der Waals surface area contributed by atoms with Gasteiger partial charge in [-0.25, -0.2) is 15.0 Å². The highest BCUT2D eigenvalue weighted by molar-refractivity contribution is 7.25. The van der Waals surface area contributed by atoms with Gasteiger partial charge in [-0.2, -0.15) is 8.78 Å². The molecule has 0 N–H and O–H groups in total. The number of ether oxygens (including phenoxy) is 1. The van der Waals surface area contributed by atoms with Crippen LogP contribution in [0.4, 0.5) is 14.6 Å². The van der Waals surface area contributed by atoms with E-state index < -0.39 is 12.7 Å². The van der Waals surface area contributed by atoms with Gasteiger partial charge in [0.15, 0.2) is 0 Å². The molecule has 1 saturated carbocycles. The molecule has 1 aliphatic rings. The lowest BCUT2D eigenvalue weighted by atomic mass is 9.93. The van der Waals surface area contributed by atoms with Crippen molar-refractivity contribution in [2.45, 2.75) is 51.4 Å². The van der Waals surface area contributed by atoms with Gasteiger partial charge in [0.05, 0.1) is 17.8 Å². The highest BCUT2D eigenvalue weighted by atomic mass is 32.1. The molecule has 7 nitrogen and oxygen atoms in total. The maximum Gasteiger partial charge on any atom is 0.345 e. The third-order valence-corrected chi connectivity index (χ3v) is 6.43. The lowest BCUT2D eigenvalue weighted by Crippen LogP contribution is -2.30. The second-order valence-electron chi connectivity index (χ2n) is 6.96. The van der Waals surface area contributed by atoms with Crippen LogP contribution >= 0.6 is 11.3 Å². The first-order valence-electron chi connectivity index (χ1n) is 9.28. The maximum atomic E-state index is 13.1. The van der Waals surface area contributed by atoms with Crippen LogP contribution in [0.5, 0.6) is 0 Å². The Balaban J connectivity index is 1.71. The zero-order valence-corrected chi connectivity index (χ0v) is 16.5. The van der Waals surface area contributed by atoms with E-state index in [0.717, 1.165) is 22.6 Å². The van der Waals surface area contributed by atoms with Crippen molar-refractivity contribution in [1.29, 1.82) is 0 Å². The lowest BCUT2D eigenvalue weighted by Gasteiger charge is -2.29. The van der Waals surface area contributed by atoms with E-state index >= 15 is 0 Å². The third-order valence-electron chi connectivity index (χ3n) is 5.35. The molecule has 3 aromatic rings. The summed E-state index contributed by atoms with van der Waals surface area (Å²) >= 11 is 1.32. The molecule has 3 aromatic heterocycles. The summed E-state index contributed by atoms with van der Waals surface area (Å²) in [5.41, 5.74) is 0.503. The number of rotatable bonds is 5. The van der Waals surface area contributed by atoms with E-state index in [-0.39, 0.29) is 11.6 Å². The molecule has 3 heterocycles. The molecular weight excluding hydrogens is 388 g/mol. The van der Waals surface area contributed by atoms with Gasteiger partial charge in [-0.1, -0.05) is 0 Å². The summed E-state index contributed by atoms with van der Waals surface area (Å²) in [5.74, 6) is 0.757. The second-order valence-corrected chi connectivity index (χ2v) is 7.95. The molecule has 0 unspecified atom stereocenters. The van der Waals surface area contributed by atoms with Crippen molar-refractivity contribution in [3.63, 3.8) is 0 Å². The zero-order valence-electron chi connectivity index (χ0n) is 15.6. The van der Waals surface area contributed by atoms with Gasteiger partial charge in [-0.15, -0.1) is 11.3 Å². The van der Waals surface area contributed by atoms with E-state index in [1.54, 1.807) is 10.9 Å². The lowest BCUT2D eigenvalue weighted by molar-refractivity contribution is -0.171. The highest BCUT2D eigenvalue weighted by Crippen LogP contribution is 2.35. The van der Waals surface area contributed by atoms with Crippen molar-refractivity contribution < 1.29 is 13.5 Å². The molecular formula is C18H21F2N5O2S. The first kappa shape index (κ1) is 19.1. The van der Waals surface area contributed by atoms with E-state index in [0.29, 0.717) is 35.9 Å². The minimum Gasteiger partial charge on any atom is -0.359 e. The number of thiophene rings is 1. The maximum absolute atomic E-state index is 13.1. The standard InChI is InChI=1S/C18H21F2N5O2S/c1-3-24(2)15-12-13-14(28-16(12)22-8-21-15)17(26)25(9-23-13)10-4-6-11(7-5-10)27-18(19)20/h8-11,18H,3-7H2,1-2H3. The molecule has 150 valence electrons. The number of anilines is 1. The molecule has 1 aliphatic carbocycles. The van der Waals surface area contributed by atoms with Crippen LogP contribution in [0.2, 0.25) is 0 Å². The first-order chi connectivity index (χ1) is 13.5. The minimum atomic E-state index is -2.75. The average Bonchev–Trinajstić information content (AvgIpc) is 3.08. The van der Waals surface area contributed by atoms with E-state index in [1.165, 1.54) is 17.7 Å². The molecule has 0 saturated heterocycles. The fraction of sp³-hybridized carbons (Fsp3) is 0.556. The molecule has 0 aliphatic heterocycles. The summed E-state index contributed by atoms with van der Waals surface area (Å²) in [5, 5.41) is 0.796. The molecule has 1 fully saturated rings. The Kier molecular flexibility index (Phi) is 5.24. The number of nitrogens with zero attached hydrogens (tertiary/aromatic N) is 5. The van der Waals surface area contributed by atoms with Crippen LogP contribution < -0.4 is 10.5 Å². The van der Waals surface area contributed by atoms with Crippen molar-refractivity contribution in [2.24, 2.45) is 0 Å². The first-order valence-corrected chi connectivity index (χ1v) is 10.1. The number of hydrogen-bond acceptors (Lipinski definition) is 7. The molecule has 4 rings (SSSR count). The topological polar surface area (TPSA) is 73.1 Å². The summed E-state index contributed by atoms with van der Waals surface area (Å²) in [7, 11) is 1.94. The second kappa shape index (κ2) is 7.67. The Hall–Kier alpha value is -2.20. The van der Waals surface area contributed by atoms with Crippen LogP contribution in [-0.4, -0.2) is 45.8 Å². The third kappa shape index (κ3) is 3.35. The van der Waals surface area contributed by atoms with Crippen LogP contribution in [0.25, 0.3) is 20.4 Å². The Morgan fingerprint density at radius 2 is 2.04 bits per heavy atom. The van der Waals surface area contributed by atoms with Gasteiger partial charge in [-0.05, 0) is 32.6 Å². The number of hydrogen-bond donors (Lipinski definition) is 0. The van der Waals surface area contributed by atoms with Gasteiger partial charge in [0, 0.05) is 19.6 Å². The van der Waals surface area contributed by atoms with E-state index in [4.69, 9.17) is 0 Å². The monoisotopic (exact) mass is 409 g/mol. The fourth-order valence-corrected chi connectivity index (χ4v) is 4.79. The summed E-state index contributed by atoms with van der Waals surface area (Å²) in [6, 6.07) is -0.0593. The largest absolute Gasteiger partial charge is 0.359 e. The van der Waals surface area contributed by atoms with Crippen molar-refractivity contribution in [3.8, 4) is 0 Å². The number of halogens is 2. The average molecular weight is 409 g/mol. The Labute approximate surface area is 164 Å². The summed E-state index contributed by atoms with van der Waals surface area (Å²) in [6.07, 6.45) is 4.85. The summed E-state index contributed by atoms with van der Waals surface area (Å²) in [6.45, 7) is 0.0407. The predicted molar refractivity (Wildman–Crippen MR) is 104 cm³/mol. The minimum absolute atomic E-state index is 0.0593. The van der Waals surface area contributed by atoms with Gasteiger partial charge in [0.25, 0.3) is 5.56 Å². The Bertz CT molecular complexity index is 1050. The molecule has 0 bridgehead atoms.